The average molecular weight is 441 g/mol. The summed E-state index contributed by atoms with van der Waals surface area (Å²) in [6.07, 6.45) is -7.99. The Bertz CT molecular complexity index is 962. The summed E-state index contributed by atoms with van der Waals surface area (Å²) in [6, 6.07) is 3.53. The smallest absolute Gasteiger partial charge is 0.380 e. The molecule has 0 amide bonds. The van der Waals surface area contributed by atoms with E-state index in [-0.39, 0.29) is 10.7 Å². The van der Waals surface area contributed by atoms with E-state index in [9.17, 15) is 31.1 Å². The van der Waals surface area contributed by atoms with Crippen LogP contribution in [0.5, 0.6) is 0 Å². The predicted octanol–water partition coefficient (Wildman–Crippen LogP) is 3.99. The molecule has 0 spiro atoms. The second-order valence-corrected chi connectivity index (χ2v) is 5.83. The highest BCUT2D eigenvalue weighted by Gasteiger charge is 2.38. The van der Waals surface area contributed by atoms with Gasteiger partial charge in [-0.15, -0.1) is 0 Å². The van der Waals surface area contributed by atoms with Crippen LogP contribution in [0.4, 0.5) is 26.3 Å². The highest BCUT2D eigenvalue weighted by atomic mass is 35.5. The first kappa shape index (κ1) is 22.3. The Morgan fingerprint density at radius 3 is 2.28 bits per heavy atom. The molecule has 0 radical (unpaired) electrons. The van der Waals surface area contributed by atoms with E-state index in [0.717, 1.165) is 35.0 Å². The molecule has 0 unspecified atom stereocenters. The number of benzene rings is 1. The molecule has 0 aliphatic heterocycles. The number of rotatable bonds is 4. The summed E-state index contributed by atoms with van der Waals surface area (Å²) < 4.78 is 77.0. The zero-order chi connectivity index (χ0) is 22.0. The summed E-state index contributed by atoms with van der Waals surface area (Å²) in [7, 11) is 1.18. The molecule has 0 saturated heterocycles. The van der Waals surface area contributed by atoms with Crippen LogP contribution in [0.1, 0.15) is 22.4 Å². The van der Waals surface area contributed by atoms with E-state index in [2.05, 4.69) is 15.1 Å². The van der Waals surface area contributed by atoms with Crippen LogP contribution in [-0.4, -0.2) is 21.6 Å². The van der Waals surface area contributed by atoms with Crippen molar-refractivity contribution < 1.29 is 36.0 Å². The third kappa shape index (κ3) is 5.50. The largest absolute Gasteiger partial charge is 0.435 e. The molecule has 156 valence electrons. The van der Waals surface area contributed by atoms with Crippen LogP contribution in [0.25, 0.3) is 6.08 Å². The number of oxime groups is 1. The van der Waals surface area contributed by atoms with Crippen LogP contribution in [0.3, 0.4) is 0 Å². The molecule has 0 fully saturated rings. The minimum atomic E-state index is -4.81. The summed E-state index contributed by atoms with van der Waals surface area (Å²) in [5, 5.41) is 6.09. The van der Waals surface area contributed by atoms with Crippen molar-refractivity contribution in [3.05, 3.63) is 57.9 Å². The Labute approximate surface area is 164 Å². The van der Waals surface area contributed by atoms with Crippen molar-refractivity contribution in [3.8, 4) is 0 Å². The maximum Gasteiger partial charge on any atom is 0.435 e. The number of carbonyl (C=O) groups excluding carboxylic acids is 1. The lowest BCUT2D eigenvalue weighted by Crippen LogP contribution is -2.15. The Hall–Kier alpha value is -3.02. The molecule has 2 rings (SSSR count). The number of hydrogen-bond acceptors (Lipinski definition) is 4. The first-order chi connectivity index (χ1) is 13.3. The molecule has 1 aromatic carbocycles. The molecule has 0 saturated carbocycles. The average Bonchev–Trinajstić information content (AvgIpc) is 2.92. The fraction of sp³-hybridized carbons (Fsp3) is 0.188. The van der Waals surface area contributed by atoms with Gasteiger partial charge >= 0.3 is 18.3 Å². The van der Waals surface area contributed by atoms with Gasteiger partial charge in [0.2, 0.25) is 0 Å². The molecule has 0 bridgehead atoms. The van der Waals surface area contributed by atoms with Gasteiger partial charge in [-0.3, -0.25) is 4.68 Å². The van der Waals surface area contributed by atoms with E-state index in [1.165, 1.54) is 7.05 Å². The van der Waals surface area contributed by atoms with Gasteiger partial charge in [0.15, 0.2) is 11.5 Å². The van der Waals surface area contributed by atoms with Crippen molar-refractivity contribution in [3.63, 3.8) is 0 Å². The number of aryl methyl sites for hydroxylation is 1. The number of nitrogens with two attached hydrogens (primary N) is 1. The summed E-state index contributed by atoms with van der Waals surface area (Å²) in [5.74, 6) is -1.62. The molecule has 1 heterocycles. The SMILES string of the molecule is Cn1nc(C(F)(F)F)c(C=CC(=O)ON=C(N)c2ccc(C(F)(F)F)cc2)c1Cl. The minimum absolute atomic E-state index is 0.0319. The van der Waals surface area contributed by atoms with E-state index in [1.54, 1.807) is 0 Å². The fourth-order valence-electron chi connectivity index (χ4n) is 2.04. The van der Waals surface area contributed by atoms with E-state index in [0.29, 0.717) is 6.08 Å². The summed E-state index contributed by atoms with van der Waals surface area (Å²) in [5.41, 5.74) is 2.76. The summed E-state index contributed by atoms with van der Waals surface area (Å²) in [4.78, 5) is 16.1. The van der Waals surface area contributed by atoms with Gasteiger partial charge in [-0.25, -0.2) is 4.79 Å². The Morgan fingerprint density at radius 2 is 1.76 bits per heavy atom. The lowest BCUT2D eigenvalue weighted by Gasteiger charge is -2.07. The van der Waals surface area contributed by atoms with Crippen molar-refractivity contribution in [2.45, 2.75) is 12.4 Å². The van der Waals surface area contributed by atoms with Gasteiger partial charge in [0, 0.05) is 24.3 Å². The highest BCUT2D eigenvalue weighted by molar-refractivity contribution is 6.31. The van der Waals surface area contributed by atoms with Crippen molar-refractivity contribution in [1.29, 1.82) is 0 Å². The van der Waals surface area contributed by atoms with E-state index in [4.69, 9.17) is 17.3 Å². The van der Waals surface area contributed by atoms with Gasteiger partial charge in [0.25, 0.3) is 0 Å². The number of halogens is 7. The maximum absolute atomic E-state index is 12.9. The molecule has 0 aliphatic rings. The van der Waals surface area contributed by atoms with Crippen LogP contribution in [0.15, 0.2) is 35.5 Å². The van der Waals surface area contributed by atoms with Crippen LogP contribution in [0, 0.1) is 0 Å². The number of hydrogen-bond donors (Lipinski definition) is 1. The molecule has 2 aromatic rings. The molecule has 0 atom stereocenters. The number of aromatic nitrogens is 2. The van der Waals surface area contributed by atoms with E-state index in [1.807, 2.05) is 0 Å². The highest BCUT2D eigenvalue weighted by Crippen LogP contribution is 2.34. The van der Waals surface area contributed by atoms with Crippen LogP contribution >= 0.6 is 11.6 Å². The Balaban J connectivity index is 2.12. The van der Waals surface area contributed by atoms with Crippen LogP contribution < -0.4 is 5.73 Å². The quantitative estimate of drug-likeness (QED) is 0.195. The first-order valence-electron chi connectivity index (χ1n) is 7.50. The monoisotopic (exact) mass is 440 g/mol. The van der Waals surface area contributed by atoms with Crippen LogP contribution in [0.2, 0.25) is 5.15 Å². The second-order valence-electron chi connectivity index (χ2n) is 5.47. The van der Waals surface area contributed by atoms with Gasteiger partial charge in [-0.05, 0) is 18.2 Å². The third-order valence-electron chi connectivity index (χ3n) is 3.41. The van der Waals surface area contributed by atoms with Gasteiger partial charge in [-0.1, -0.05) is 28.9 Å². The summed E-state index contributed by atoms with van der Waals surface area (Å²) in [6.45, 7) is 0. The van der Waals surface area contributed by atoms with Crippen LogP contribution in [-0.2, 0) is 29.0 Å². The number of nitrogens with zero attached hydrogens (tertiary/aromatic N) is 3. The number of alkyl halides is 6. The van der Waals surface area contributed by atoms with Gasteiger partial charge in [0.1, 0.15) is 5.15 Å². The normalized spacial score (nSPS) is 13.2. The second kappa shape index (κ2) is 8.15. The van der Waals surface area contributed by atoms with Crippen molar-refractivity contribution in [2.75, 3.05) is 0 Å². The third-order valence-corrected chi connectivity index (χ3v) is 3.86. The number of carbonyl (C=O) groups is 1. The lowest BCUT2D eigenvalue weighted by molar-refractivity contribution is -0.142. The maximum atomic E-state index is 12.9. The molecular formula is C16H11ClF6N4O2. The molecule has 1 aromatic heterocycles. The van der Waals surface area contributed by atoms with E-state index >= 15 is 0 Å². The topological polar surface area (TPSA) is 82.5 Å². The van der Waals surface area contributed by atoms with Gasteiger partial charge in [0.05, 0.1) is 5.56 Å². The van der Waals surface area contributed by atoms with Gasteiger partial charge < -0.3 is 10.6 Å². The molecule has 0 aliphatic carbocycles. The number of amidine groups is 1. The molecular weight excluding hydrogens is 430 g/mol. The first-order valence-corrected chi connectivity index (χ1v) is 7.88. The Kier molecular flexibility index (Phi) is 6.26. The molecule has 2 N–H and O–H groups in total. The predicted molar refractivity (Wildman–Crippen MR) is 90.5 cm³/mol. The standard InChI is InChI=1S/C16H11ClF6N4O2/c1-27-13(17)10(12(25-27)16(21,22)23)6-7-11(28)29-26-14(24)8-2-4-9(5-3-8)15(18,19)20/h2-7H,1H3,(H2,24,26). The molecule has 6 nitrogen and oxygen atoms in total. The zero-order valence-electron chi connectivity index (χ0n) is 14.3. The Morgan fingerprint density at radius 1 is 1.17 bits per heavy atom. The zero-order valence-corrected chi connectivity index (χ0v) is 15.1. The summed E-state index contributed by atoms with van der Waals surface area (Å²) >= 11 is 5.73. The lowest BCUT2D eigenvalue weighted by atomic mass is 10.1. The molecule has 13 heteroatoms. The minimum Gasteiger partial charge on any atom is -0.380 e. The molecule has 29 heavy (non-hydrogen) atoms. The van der Waals surface area contributed by atoms with Crippen molar-refractivity contribution in [1.82, 2.24) is 9.78 Å². The fourth-order valence-corrected chi connectivity index (χ4v) is 2.23. The van der Waals surface area contributed by atoms with Crippen molar-refractivity contribution >= 4 is 29.5 Å². The van der Waals surface area contributed by atoms with E-state index < -0.39 is 41.0 Å². The van der Waals surface area contributed by atoms with Crippen molar-refractivity contribution in [2.24, 2.45) is 17.9 Å². The van der Waals surface area contributed by atoms with Gasteiger partial charge in [-0.2, -0.15) is 31.4 Å².